The zero-order valence-electron chi connectivity index (χ0n) is 7.09. The van der Waals surface area contributed by atoms with Crippen LogP contribution in [0, 0.1) is 19.4 Å². The molecule has 0 aliphatic heterocycles. The third-order valence-electron chi connectivity index (χ3n) is 1.72. The van der Waals surface area contributed by atoms with Crippen LogP contribution in [-0.2, 0) is 32.7 Å². The molecule has 56 valence electrons. The van der Waals surface area contributed by atoms with Gasteiger partial charge < -0.3 is 4.98 Å². The van der Waals surface area contributed by atoms with Crippen molar-refractivity contribution in [3.05, 3.63) is 28.8 Å². The molecule has 2 aromatic rings. The fraction of sp³-hybridized carbons (Fsp3) is 0.222. The molecule has 0 amide bonds. The van der Waals surface area contributed by atoms with Crippen LogP contribution in [0.5, 0.6) is 0 Å². The van der Waals surface area contributed by atoms with E-state index in [1.807, 2.05) is 0 Å². The minimum atomic E-state index is 0. The summed E-state index contributed by atoms with van der Waals surface area (Å²) in [5.74, 6) is 0. The van der Waals surface area contributed by atoms with E-state index in [0.717, 1.165) is 5.52 Å². The van der Waals surface area contributed by atoms with Crippen LogP contribution < -0.4 is 0 Å². The summed E-state index contributed by atoms with van der Waals surface area (Å²) >= 11 is 1.58. The molecule has 0 aliphatic rings. The van der Waals surface area contributed by atoms with Crippen molar-refractivity contribution in [2.75, 3.05) is 0 Å². The van der Waals surface area contributed by atoms with Gasteiger partial charge in [0.05, 0.1) is 0 Å². The van der Waals surface area contributed by atoms with Gasteiger partial charge in [-0.3, -0.25) is 11.3 Å². The van der Waals surface area contributed by atoms with Gasteiger partial charge in [-0.2, -0.15) is 0 Å². The first-order valence-corrected chi connectivity index (χ1v) is 4.33. The number of hydrogen-bond acceptors (Lipinski definition) is 2. The SMILES string of the molecule is Cc1cc(C)c2n[c-]sc2c1.[Y+3]. The van der Waals surface area contributed by atoms with Crippen molar-refractivity contribution >= 4 is 21.6 Å². The fourth-order valence-corrected chi connectivity index (χ4v) is 2.04. The van der Waals surface area contributed by atoms with Crippen molar-refractivity contribution in [2.24, 2.45) is 0 Å². The molecule has 1 nitrogen and oxygen atoms in total. The summed E-state index contributed by atoms with van der Waals surface area (Å²) in [6, 6.07) is 4.30. The normalized spacial score (nSPS) is 9.83. The first kappa shape index (κ1) is 10.3. The van der Waals surface area contributed by atoms with Gasteiger partial charge in [0.25, 0.3) is 0 Å². The molecule has 0 saturated heterocycles. The van der Waals surface area contributed by atoms with Crippen LogP contribution in [0.2, 0.25) is 0 Å². The Hall–Kier alpha value is 0.214. The second-order valence-electron chi connectivity index (χ2n) is 2.73. The standard InChI is InChI=1S/C9H8NS.Y/c1-6-3-7(2)9-8(4-6)11-5-10-9;/h3-4H,1-2H3;/q-1;+3. The summed E-state index contributed by atoms with van der Waals surface area (Å²) in [6.45, 7) is 4.19. The molecule has 0 bridgehead atoms. The minimum absolute atomic E-state index is 0. The number of rotatable bonds is 0. The summed E-state index contributed by atoms with van der Waals surface area (Å²) < 4.78 is 1.24. The van der Waals surface area contributed by atoms with Crippen molar-refractivity contribution in [2.45, 2.75) is 13.8 Å². The molecule has 1 aromatic heterocycles. The Morgan fingerprint density at radius 2 is 2.08 bits per heavy atom. The summed E-state index contributed by atoms with van der Waals surface area (Å²) in [6.07, 6.45) is 0. The van der Waals surface area contributed by atoms with Crippen molar-refractivity contribution in [3.63, 3.8) is 0 Å². The molecule has 2 rings (SSSR count). The minimum Gasteiger partial charge on any atom is -0.386 e. The molecule has 0 saturated carbocycles. The van der Waals surface area contributed by atoms with Gasteiger partial charge in [0, 0.05) is 0 Å². The van der Waals surface area contributed by atoms with Gasteiger partial charge in [0.15, 0.2) is 0 Å². The van der Waals surface area contributed by atoms with Gasteiger partial charge in [-0.05, 0) is 12.4 Å². The average Bonchev–Trinajstić information content (AvgIpc) is 2.34. The number of fused-ring (bicyclic) bond motifs is 1. The second kappa shape index (κ2) is 3.95. The molecule has 0 radical (unpaired) electrons. The Morgan fingerprint density at radius 3 is 2.83 bits per heavy atom. The van der Waals surface area contributed by atoms with Crippen molar-refractivity contribution in [3.8, 4) is 0 Å². The molecule has 0 unspecified atom stereocenters. The van der Waals surface area contributed by atoms with E-state index >= 15 is 0 Å². The maximum Gasteiger partial charge on any atom is 3.00 e. The summed E-state index contributed by atoms with van der Waals surface area (Å²) in [5, 5.41) is 0. The van der Waals surface area contributed by atoms with E-state index in [9.17, 15) is 0 Å². The van der Waals surface area contributed by atoms with Crippen LogP contribution in [0.3, 0.4) is 0 Å². The molecule has 0 spiro atoms. The zero-order chi connectivity index (χ0) is 7.84. The van der Waals surface area contributed by atoms with Crippen LogP contribution >= 0.6 is 11.3 Å². The van der Waals surface area contributed by atoms with E-state index in [4.69, 9.17) is 0 Å². The van der Waals surface area contributed by atoms with E-state index in [1.54, 1.807) is 11.3 Å². The van der Waals surface area contributed by atoms with Crippen LogP contribution in [0.4, 0.5) is 0 Å². The monoisotopic (exact) mass is 251 g/mol. The van der Waals surface area contributed by atoms with E-state index in [2.05, 4.69) is 36.5 Å². The predicted octanol–water partition coefficient (Wildman–Crippen LogP) is 2.71. The van der Waals surface area contributed by atoms with E-state index in [1.165, 1.54) is 15.8 Å². The Labute approximate surface area is 101 Å². The molecule has 0 aliphatic carbocycles. The van der Waals surface area contributed by atoms with Gasteiger partial charge in [-0.25, -0.2) is 0 Å². The number of benzene rings is 1. The molecule has 0 N–H and O–H groups in total. The average molecular weight is 251 g/mol. The molecule has 0 fully saturated rings. The third-order valence-corrected chi connectivity index (χ3v) is 2.44. The smallest absolute Gasteiger partial charge is 0.386 e. The summed E-state index contributed by atoms with van der Waals surface area (Å²) in [4.78, 5) is 4.15. The summed E-state index contributed by atoms with van der Waals surface area (Å²) in [7, 11) is 0. The van der Waals surface area contributed by atoms with Gasteiger partial charge in [0.2, 0.25) is 0 Å². The number of hydrogen-bond donors (Lipinski definition) is 0. The van der Waals surface area contributed by atoms with Gasteiger partial charge in [-0.15, -0.1) is 6.07 Å². The van der Waals surface area contributed by atoms with E-state index < -0.39 is 0 Å². The Morgan fingerprint density at radius 1 is 1.33 bits per heavy atom. The summed E-state index contributed by atoms with van der Waals surface area (Å²) in [5.41, 5.74) is 6.54. The Bertz CT molecular complexity index is 394. The number of aryl methyl sites for hydroxylation is 2. The molecule has 1 aromatic carbocycles. The van der Waals surface area contributed by atoms with E-state index in [-0.39, 0.29) is 32.7 Å². The topological polar surface area (TPSA) is 12.9 Å². The largest absolute Gasteiger partial charge is 3.00 e. The van der Waals surface area contributed by atoms with Crippen LogP contribution in [0.15, 0.2) is 12.1 Å². The van der Waals surface area contributed by atoms with Crippen molar-refractivity contribution < 1.29 is 32.7 Å². The number of nitrogens with zero attached hydrogens (tertiary/aromatic N) is 1. The predicted molar refractivity (Wildman–Crippen MR) is 47.9 cm³/mol. The second-order valence-corrected chi connectivity index (χ2v) is 3.56. The van der Waals surface area contributed by atoms with Crippen molar-refractivity contribution in [1.82, 2.24) is 4.98 Å². The first-order valence-electron chi connectivity index (χ1n) is 3.51. The Kier molecular flexibility index (Phi) is 3.39. The molecule has 1 heterocycles. The molecular weight excluding hydrogens is 243 g/mol. The molecule has 12 heavy (non-hydrogen) atoms. The Balaban J connectivity index is 0.000000720. The molecule has 0 atom stereocenters. The zero-order valence-corrected chi connectivity index (χ0v) is 10.7. The molecule has 3 heteroatoms. The first-order chi connectivity index (χ1) is 5.27. The third kappa shape index (κ3) is 1.76. The maximum atomic E-state index is 4.15. The van der Waals surface area contributed by atoms with Gasteiger partial charge in [0.1, 0.15) is 0 Å². The number of thiazole rings is 1. The number of aromatic nitrogens is 1. The fourth-order valence-electron chi connectivity index (χ4n) is 1.26. The van der Waals surface area contributed by atoms with Gasteiger partial charge >= 0.3 is 32.7 Å². The van der Waals surface area contributed by atoms with Crippen LogP contribution in [0.1, 0.15) is 11.1 Å². The van der Waals surface area contributed by atoms with Crippen LogP contribution in [-0.4, -0.2) is 4.98 Å². The quantitative estimate of drug-likeness (QED) is 0.656. The van der Waals surface area contributed by atoms with Crippen molar-refractivity contribution in [1.29, 1.82) is 0 Å². The van der Waals surface area contributed by atoms with Crippen LogP contribution in [0.25, 0.3) is 10.2 Å². The molecular formula is C9H8NSY+2. The van der Waals surface area contributed by atoms with Gasteiger partial charge in [-0.1, -0.05) is 34.3 Å². The van der Waals surface area contributed by atoms with E-state index in [0.29, 0.717) is 0 Å². The maximum absolute atomic E-state index is 4.15.